The van der Waals surface area contributed by atoms with Crippen LogP contribution in [0.2, 0.25) is 0 Å². The average molecular weight is 363 g/mol. The minimum Gasteiger partial charge on any atom is -0.459 e. The maximum Gasteiger partial charge on any atom is 0.289 e. The summed E-state index contributed by atoms with van der Waals surface area (Å²) in [6, 6.07) is 3.47. The van der Waals surface area contributed by atoms with Gasteiger partial charge in [0.1, 0.15) is 0 Å². The Morgan fingerprint density at radius 1 is 1.19 bits per heavy atom. The summed E-state index contributed by atoms with van der Waals surface area (Å²) in [5.41, 5.74) is 0.394. The molecule has 1 N–H and O–H groups in total. The number of unbranched alkanes of at least 4 members (excludes halogenated alkanes) is 1. The van der Waals surface area contributed by atoms with Crippen LogP contribution < -0.4 is 5.32 Å². The molecule has 1 aromatic rings. The normalized spacial score (nSPS) is 16.1. The zero-order chi connectivity index (χ0) is 19.0. The molecule has 146 valence electrons. The van der Waals surface area contributed by atoms with Gasteiger partial charge in [0.05, 0.1) is 6.26 Å². The van der Waals surface area contributed by atoms with Crippen molar-refractivity contribution in [3.05, 3.63) is 24.2 Å². The number of hydrogen-bond donors (Lipinski definition) is 1. The fraction of sp³-hybridized carbons (Fsp3) is 0.700. The van der Waals surface area contributed by atoms with Gasteiger partial charge in [-0.3, -0.25) is 9.79 Å². The van der Waals surface area contributed by atoms with Crippen LogP contribution in [0.25, 0.3) is 0 Å². The number of rotatable bonds is 6. The fourth-order valence-corrected chi connectivity index (χ4v) is 3.06. The molecule has 0 saturated carbocycles. The summed E-state index contributed by atoms with van der Waals surface area (Å²) in [6.45, 7) is 13.6. The van der Waals surface area contributed by atoms with Crippen LogP contribution in [0.5, 0.6) is 0 Å². The van der Waals surface area contributed by atoms with E-state index < -0.39 is 0 Å². The van der Waals surface area contributed by atoms with E-state index in [1.165, 1.54) is 12.8 Å². The fourth-order valence-electron chi connectivity index (χ4n) is 3.06. The Hall–Kier alpha value is -1.98. The topological polar surface area (TPSA) is 61.1 Å². The van der Waals surface area contributed by atoms with E-state index in [1.807, 2.05) is 4.90 Å². The first kappa shape index (κ1) is 20.3. The standard InChI is InChI=1S/C20H34N4O2/c1-5-21-19(22-11-7-6-10-20(2,3)4)24-14-12-23(13-15-24)18(25)17-9-8-16-26-17/h8-9,16H,5-7,10-15H2,1-4H3,(H,21,22). The molecule has 0 aromatic carbocycles. The van der Waals surface area contributed by atoms with Gasteiger partial charge in [0.2, 0.25) is 0 Å². The van der Waals surface area contributed by atoms with Crippen molar-refractivity contribution in [3.8, 4) is 0 Å². The van der Waals surface area contributed by atoms with Crippen molar-refractivity contribution in [2.24, 2.45) is 10.4 Å². The molecule has 2 heterocycles. The van der Waals surface area contributed by atoms with Crippen molar-refractivity contribution in [3.63, 3.8) is 0 Å². The molecule has 1 amide bonds. The lowest BCUT2D eigenvalue weighted by Crippen LogP contribution is -2.53. The van der Waals surface area contributed by atoms with Crippen molar-refractivity contribution in [1.29, 1.82) is 0 Å². The maximum absolute atomic E-state index is 12.4. The Bertz CT molecular complexity index is 567. The minimum absolute atomic E-state index is 0.0289. The summed E-state index contributed by atoms with van der Waals surface area (Å²) >= 11 is 0. The highest BCUT2D eigenvalue weighted by atomic mass is 16.3. The molecule has 1 aromatic heterocycles. The van der Waals surface area contributed by atoms with E-state index in [0.29, 0.717) is 24.3 Å². The van der Waals surface area contributed by atoms with Crippen LogP contribution in [0.1, 0.15) is 57.5 Å². The Morgan fingerprint density at radius 3 is 2.46 bits per heavy atom. The predicted octanol–water partition coefficient (Wildman–Crippen LogP) is 3.22. The van der Waals surface area contributed by atoms with E-state index in [9.17, 15) is 4.79 Å². The summed E-state index contributed by atoms with van der Waals surface area (Å²) in [5.74, 6) is 1.35. The van der Waals surface area contributed by atoms with Crippen LogP contribution >= 0.6 is 0 Å². The van der Waals surface area contributed by atoms with Gasteiger partial charge in [-0.2, -0.15) is 0 Å². The third-order valence-electron chi connectivity index (χ3n) is 4.53. The predicted molar refractivity (Wildman–Crippen MR) is 105 cm³/mol. The average Bonchev–Trinajstić information content (AvgIpc) is 3.14. The van der Waals surface area contributed by atoms with Crippen LogP contribution in [0.4, 0.5) is 0 Å². The van der Waals surface area contributed by atoms with Gasteiger partial charge in [0.25, 0.3) is 5.91 Å². The first-order chi connectivity index (χ1) is 12.4. The molecule has 0 atom stereocenters. The number of carbonyl (C=O) groups excluding carboxylic acids is 1. The molecule has 1 saturated heterocycles. The first-order valence-corrected chi connectivity index (χ1v) is 9.77. The summed E-state index contributed by atoms with van der Waals surface area (Å²) in [7, 11) is 0. The molecule has 1 aliphatic heterocycles. The molecule has 0 bridgehead atoms. The molecule has 2 rings (SSSR count). The van der Waals surface area contributed by atoms with Crippen molar-refractivity contribution in [2.45, 2.75) is 47.0 Å². The lowest BCUT2D eigenvalue weighted by atomic mass is 9.90. The van der Waals surface area contributed by atoms with Crippen LogP contribution in [-0.2, 0) is 0 Å². The lowest BCUT2D eigenvalue weighted by Gasteiger charge is -2.36. The van der Waals surface area contributed by atoms with Crippen molar-refractivity contribution >= 4 is 11.9 Å². The molecule has 6 heteroatoms. The van der Waals surface area contributed by atoms with Gasteiger partial charge in [-0.15, -0.1) is 0 Å². The summed E-state index contributed by atoms with van der Waals surface area (Å²) in [4.78, 5) is 21.2. The van der Waals surface area contributed by atoms with Gasteiger partial charge in [-0.1, -0.05) is 27.2 Å². The van der Waals surface area contributed by atoms with Crippen LogP contribution in [-0.4, -0.2) is 60.9 Å². The van der Waals surface area contributed by atoms with E-state index in [0.717, 1.165) is 38.6 Å². The highest BCUT2D eigenvalue weighted by molar-refractivity contribution is 5.91. The van der Waals surface area contributed by atoms with Gasteiger partial charge in [0.15, 0.2) is 11.7 Å². The molecule has 0 aliphatic carbocycles. The Morgan fingerprint density at radius 2 is 1.88 bits per heavy atom. The summed E-state index contributed by atoms with van der Waals surface area (Å²) < 4.78 is 5.22. The molecule has 0 radical (unpaired) electrons. The Kier molecular flexibility index (Phi) is 7.54. The molecular formula is C20H34N4O2. The van der Waals surface area contributed by atoms with Crippen molar-refractivity contribution in [2.75, 3.05) is 39.3 Å². The molecule has 1 aliphatic rings. The quantitative estimate of drug-likeness (QED) is 0.479. The Balaban J connectivity index is 1.81. The summed E-state index contributed by atoms with van der Waals surface area (Å²) in [5, 5.41) is 3.39. The van der Waals surface area contributed by atoms with Gasteiger partial charge in [-0.25, -0.2) is 0 Å². The molecule has 26 heavy (non-hydrogen) atoms. The number of nitrogens with one attached hydrogen (secondary N) is 1. The number of amides is 1. The third kappa shape index (κ3) is 6.39. The molecular weight excluding hydrogens is 328 g/mol. The van der Waals surface area contributed by atoms with E-state index in [-0.39, 0.29) is 5.91 Å². The number of nitrogens with zero attached hydrogens (tertiary/aromatic N) is 3. The van der Waals surface area contributed by atoms with Crippen LogP contribution in [0, 0.1) is 5.41 Å². The first-order valence-electron chi connectivity index (χ1n) is 9.77. The smallest absolute Gasteiger partial charge is 0.289 e. The second kappa shape index (κ2) is 9.64. The SMILES string of the molecule is CCNC(=NCCCCC(C)(C)C)N1CCN(C(=O)c2ccco2)CC1. The van der Waals surface area contributed by atoms with Gasteiger partial charge < -0.3 is 19.5 Å². The van der Waals surface area contributed by atoms with Crippen LogP contribution in [0.15, 0.2) is 27.8 Å². The van der Waals surface area contributed by atoms with Gasteiger partial charge in [0, 0.05) is 39.3 Å². The molecule has 0 unspecified atom stereocenters. The van der Waals surface area contributed by atoms with Crippen molar-refractivity contribution in [1.82, 2.24) is 15.1 Å². The highest BCUT2D eigenvalue weighted by Crippen LogP contribution is 2.21. The second-order valence-corrected chi connectivity index (χ2v) is 8.01. The van der Waals surface area contributed by atoms with E-state index >= 15 is 0 Å². The van der Waals surface area contributed by atoms with E-state index in [2.05, 4.69) is 37.9 Å². The second-order valence-electron chi connectivity index (χ2n) is 8.01. The molecule has 6 nitrogen and oxygen atoms in total. The monoisotopic (exact) mass is 362 g/mol. The summed E-state index contributed by atoms with van der Waals surface area (Å²) in [6.07, 6.45) is 5.09. The maximum atomic E-state index is 12.4. The zero-order valence-corrected chi connectivity index (χ0v) is 16.8. The third-order valence-corrected chi connectivity index (χ3v) is 4.53. The van der Waals surface area contributed by atoms with E-state index in [1.54, 1.807) is 18.4 Å². The number of aliphatic imine (C=N–C) groups is 1. The van der Waals surface area contributed by atoms with Gasteiger partial charge in [-0.05, 0) is 37.3 Å². The van der Waals surface area contributed by atoms with Gasteiger partial charge >= 0.3 is 0 Å². The molecule has 1 fully saturated rings. The van der Waals surface area contributed by atoms with Crippen molar-refractivity contribution < 1.29 is 9.21 Å². The number of carbonyl (C=O) groups is 1. The lowest BCUT2D eigenvalue weighted by molar-refractivity contribution is 0.0657. The van der Waals surface area contributed by atoms with E-state index in [4.69, 9.17) is 9.41 Å². The number of hydrogen-bond acceptors (Lipinski definition) is 3. The number of guanidine groups is 1. The largest absolute Gasteiger partial charge is 0.459 e. The number of furan rings is 1. The Labute approximate surface area is 157 Å². The van der Waals surface area contributed by atoms with Crippen LogP contribution in [0.3, 0.4) is 0 Å². The minimum atomic E-state index is -0.0289. The highest BCUT2D eigenvalue weighted by Gasteiger charge is 2.25. The zero-order valence-electron chi connectivity index (χ0n) is 16.8. The number of piperazine rings is 1. The molecule has 0 spiro atoms.